The van der Waals surface area contributed by atoms with Crippen molar-refractivity contribution in [2.24, 2.45) is 0 Å². The molecule has 3 aromatic carbocycles. The van der Waals surface area contributed by atoms with E-state index in [9.17, 15) is 13.2 Å². The van der Waals surface area contributed by atoms with Gasteiger partial charge in [0.1, 0.15) is 11.5 Å². The SMILES string of the molecule is COc1ccc(S(=O)(=O)N2CC(C(=O)Nc3ccc(C)cc3)Oc3ccccc32)cc1. The van der Waals surface area contributed by atoms with Gasteiger partial charge in [-0.15, -0.1) is 0 Å². The first kappa shape index (κ1) is 20.7. The number of sulfonamides is 1. The third kappa shape index (κ3) is 4.20. The van der Waals surface area contributed by atoms with E-state index in [4.69, 9.17) is 9.47 Å². The van der Waals surface area contributed by atoms with Gasteiger partial charge in [-0.2, -0.15) is 0 Å². The van der Waals surface area contributed by atoms with Crippen molar-refractivity contribution < 1.29 is 22.7 Å². The van der Waals surface area contributed by atoms with E-state index in [0.29, 0.717) is 22.9 Å². The molecule has 1 aliphatic heterocycles. The monoisotopic (exact) mass is 438 g/mol. The average Bonchev–Trinajstić information content (AvgIpc) is 2.79. The summed E-state index contributed by atoms with van der Waals surface area (Å²) in [6, 6.07) is 20.2. The predicted molar refractivity (Wildman–Crippen MR) is 118 cm³/mol. The second-order valence-electron chi connectivity index (χ2n) is 7.14. The number of hydrogen-bond acceptors (Lipinski definition) is 5. The van der Waals surface area contributed by atoms with E-state index >= 15 is 0 Å². The summed E-state index contributed by atoms with van der Waals surface area (Å²) in [4.78, 5) is 13.0. The number of fused-ring (bicyclic) bond motifs is 1. The van der Waals surface area contributed by atoms with Crippen molar-refractivity contribution in [3.63, 3.8) is 0 Å². The van der Waals surface area contributed by atoms with Gasteiger partial charge in [0.05, 0.1) is 24.2 Å². The molecule has 8 heteroatoms. The molecule has 1 aliphatic rings. The summed E-state index contributed by atoms with van der Waals surface area (Å²) in [5.41, 5.74) is 2.07. The summed E-state index contributed by atoms with van der Waals surface area (Å²) in [5.74, 6) is 0.458. The largest absolute Gasteiger partial charge is 0.497 e. The van der Waals surface area contributed by atoms with E-state index in [2.05, 4.69) is 5.32 Å². The first-order valence-corrected chi connectivity index (χ1v) is 11.1. The molecule has 7 nitrogen and oxygen atoms in total. The van der Waals surface area contributed by atoms with Gasteiger partial charge in [0.25, 0.3) is 15.9 Å². The fourth-order valence-corrected chi connectivity index (χ4v) is 4.78. The summed E-state index contributed by atoms with van der Waals surface area (Å²) in [7, 11) is -2.41. The topological polar surface area (TPSA) is 84.9 Å². The molecule has 160 valence electrons. The molecule has 1 atom stereocenters. The van der Waals surface area contributed by atoms with E-state index < -0.39 is 22.0 Å². The molecular formula is C23H22N2O5S. The lowest BCUT2D eigenvalue weighted by atomic mass is 10.2. The fourth-order valence-electron chi connectivity index (χ4n) is 3.30. The van der Waals surface area contributed by atoms with Crippen LogP contribution in [0.15, 0.2) is 77.7 Å². The van der Waals surface area contributed by atoms with Gasteiger partial charge in [-0.05, 0) is 55.5 Å². The number of amides is 1. The van der Waals surface area contributed by atoms with Crippen molar-refractivity contribution >= 4 is 27.3 Å². The lowest BCUT2D eigenvalue weighted by Crippen LogP contribution is -2.48. The number of methoxy groups -OCH3 is 1. The number of anilines is 2. The second-order valence-corrected chi connectivity index (χ2v) is 9.00. The van der Waals surface area contributed by atoms with Crippen molar-refractivity contribution in [3.05, 3.63) is 78.4 Å². The van der Waals surface area contributed by atoms with Gasteiger partial charge in [-0.3, -0.25) is 9.10 Å². The molecule has 1 heterocycles. The van der Waals surface area contributed by atoms with E-state index in [0.717, 1.165) is 5.56 Å². The number of hydrogen-bond donors (Lipinski definition) is 1. The highest BCUT2D eigenvalue weighted by Crippen LogP contribution is 2.37. The minimum Gasteiger partial charge on any atom is -0.497 e. The molecule has 4 rings (SSSR count). The van der Waals surface area contributed by atoms with Gasteiger partial charge in [0.2, 0.25) is 0 Å². The summed E-state index contributed by atoms with van der Waals surface area (Å²) in [6.45, 7) is 1.80. The lowest BCUT2D eigenvalue weighted by molar-refractivity contribution is -0.122. The Kier molecular flexibility index (Phi) is 5.56. The Hall–Kier alpha value is -3.52. The molecule has 3 aromatic rings. The number of aryl methyl sites for hydroxylation is 1. The van der Waals surface area contributed by atoms with Crippen LogP contribution in [0, 0.1) is 6.92 Å². The summed E-state index contributed by atoms with van der Waals surface area (Å²) in [6.07, 6.45) is -1.01. The number of nitrogens with zero attached hydrogens (tertiary/aromatic N) is 1. The van der Waals surface area contributed by atoms with Crippen molar-refractivity contribution in [2.75, 3.05) is 23.3 Å². The molecule has 1 unspecified atom stereocenters. The number of benzene rings is 3. The zero-order valence-electron chi connectivity index (χ0n) is 17.1. The minimum absolute atomic E-state index is 0.0997. The van der Waals surface area contributed by atoms with Crippen molar-refractivity contribution in [3.8, 4) is 11.5 Å². The average molecular weight is 439 g/mol. The molecule has 0 saturated heterocycles. The van der Waals surface area contributed by atoms with Gasteiger partial charge in [-0.1, -0.05) is 29.8 Å². The highest BCUT2D eigenvalue weighted by molar-refractivity contribution is 7.92. The van der Waals surface area contributed by atoms with E-state index in [1.807, 2.05) is 19.1 Å². The van der Waals surface area contributed by atoms with Crippen molar-refractivity contribution in [1.29, 1.82) is 0 Å². The van der Waals surface area contributed by atoms with Crippen LogP contribution in [0.3, 0.4) is 0 Å². The fraction of sp³-hybridized carbons (Fsp3) is 0.174. The van der Waals surface area contributed by atoms with Crippen LogP contribution in [-0.2, 0) is 14.8 Å². The number of para-hydroxylation sites is 2. The zero-order valence-corrected chi connectivity index (χ0v) is 17.9. The Balaban J connectivity index is 1.65. The number of nitrogens with one attached hydrogen (secondary N) is 1. The Morgan fingerprint density at radius 3 is 2.39 bits per heavy atom. The zero-order chi connectivity index (χ0) is 22.0. The maximum absolute atomic E-state index is 13.4. The maximum atomic E-state index is 13.4. The molecule has 1 N–H and O–H groups in total. The van der Waals surface area contributed by atoms with Crippen LogP contribution < -0.4 is 19.1 Å². The third-order valence-corrected chi connectivity index (χ3v) is 6.79. The van der Waals surface area contributed by atoms with Crippen molar-refractivity contribution in [1.82, 2.24) is 0 Å². The van der Waals surface area contributed by atoms with E-state index in [1.54, 1.807) is 48.5 Å². The quantitative estimate of drug-likeness (QED) is 0.658. The highest BCUT2D eigenvalue weighted by atomic mass is 32.2. The molecule has 0 spiro atoms. The molecular weight excluding hydrogens is 416 g/mol. The Labute approximate surface area is 181 Å². The van der Waals surface area contributed by atoms with Gasteiger partial charge >= 0.3 is 0 Å². The van der Waals surface area contributed by atoms with Crippen LogP contribution in [0.4, 0.5) is 11.4 Å². The summed E-state index contributed by atoms with van der Waals surface area (Å²) >= 11 is 0. The van der Waals surface area contributed by atoms with Crippen LogP contribution in [0.1, 0.15) is 5.56 Å². The first-order valence-electron chi connectivity index (χ1n) is 9.68. The maximum Gasteiger partial charge on any atom is 0.267 e. The standard InChI is InChI=1S/C23H22N2O5S/c1-16-7-9-17(10-8-16)24-23(26)22-15-25(20-5-3-4-6-21(20)30-22)31(27,28)19-13-11-18(29-2)12-14-19/h3-14,22H,15H2,1-2H3,(H,24,26). The molecule has 31 heavy (non-hydrogen) atoms. The summed E-state index contributed by atoms with van der Waals surface area (Å²) < 4.78 is 39.0. The van der Waals surface area contributed by atoms with Crippen LogP contribution in [-0.4, -0.2) is 34.1 Å². The van der Waals surface area contributed by atoms with Crippen LogP contribution in [0.5, 0.6) is 11.5 Å². The normalized spacial score (nSPS) is 15.5. The third-order valence-electron chi connectivity index (χ3n) is 4.99. The van der Waals surface area contributed by atoms with Gasteiger partial charge in [0.15, 0.2) is 6.10 Å². The van der Waals surface area contributed by atoms with Crippen LogP contribution in [0.2, 0.25) is 0 Å². The van der Waals surface area contributed by atoms with Gasteiger partial charge in [0, 0.05) is 5.69 Å². The lowest BCUT2D eigenvalue weighted by Gasteiger charge is -2.34. The number of rotatable bonds is 5. The van der Waals surface area contributed by atoms with Crippen LogP contribution >= 0.6 is 0 Å². The molecule has 0 aliphatic carbocycles. The molecule has 0 saturated carbocycles. The molecule has 0 bridgehead atoms. The van der Waals surface area contributed by atoms with Gasteiger partial charge < -0.3 is 14.8 Å². The molecule has 1 amide bonds. The molecule has 0 fully saturated rings. The van der Waals surface area contributed by atoms with Crippen molar-refractivity contribution in [2.45, 2.75) is 17.9 Å². The Morgan fingerprint density at radius 1 is 1.03 bits per heavy atom. The first-order chi connectivity index (χ1) is 14.9. The summed E-state index contributed by atoms with van der Waals surface area (Å²) in [5, 5.41) is 2.79. The number of carbonyl (C=O) groups excluding carboxylic acids is 1. The van der Waals surface area contributed by atoms with Crippen LogP contribution in [0.25, 0.3) is 0 Å². The van der Waals surface area contributed by atoms with E-state index in [-0.39, 0.29) is 11.4 Å². The Bertz CT molecular complexity index is 1190. The predicted octanol–water partition coefficient (Wildman–Crippen LogP) is 3.60. The Morgan fingerprint density at radius 2 is 1.71 bits per heavy atom. The second kappa shape index (κ2) is 8.31. The smallest absolute Gasteiger partial charge is 0.267 e. The highest BCUT2D eigenvalue weighted by Gasteiger charge is 2.37. The van der Waals surface area contributed by atoms with E-state index in [1.165, 1.54) is 23.5 Å². The number of ether oxygens (including phenoxy) is 2. The molecule has 0 radical (unpaired) electrons. The molecule has 0 aromatic heterocycles. The minimum atomic E-state index is -3.93. The number of carbonyl (C=O) groups is 1. The van der Waals surface area contributed by atoms with Gasteiger partial charge in [-0.25, -0.2) is 8.42 Å².